The van der Waals surface area contributed by atoms with E-state index >= 15 is 0 Å². The minimum absolute atomic E-state index is 0.460. The molecule has 0 aromatic carbocycles. The van der Waals surface area contributed by atoms with E-state index in [1.165, 1.54) is 0 Å². The Kier molecular flexibility index (Phi) is 3.82. The third-order valence-corrected chi connectivity index (χ3v) is 2.28. The van der Waals surface area contributed by atoms with E-state index in [1.54, 1.807) is 6.07 Å². The van der Waals surface area contributed by atoms with Gasteiger partial charge in [0.25, 0.3) is 0 Å². The van der Waals surface area contributed by atoms with Gasteiger partial charge in [-0.15, -0.1) is 10.2 Å². The quantitative estimate of drug-likeness (QED) is 0.777. The summed E-state index contributed by atoms with van der Waals surface area (Å²) in [5, 5.41) is 7.76. The minimum Gasteiger partial charge on any atom is -0.382 e. The molecule has 0 fully saturated rings. The molecule has 0 aliphatic carbocycles. The number of hydrogen-bond donors (Lipinski definition) is 1. The molecule has 2 N–H and O–H groups in total. The molecule has 13 heavy (non-hydrogen) atoms. The van der Waals surface area contributed by atoms with Gasteiger partial charge in [0.1, 0.15) is 5.82 Å². The van der Waals surface area contributed by atoms with Gasteiger partial charge in [-0.1, -0.05) is 0 Å². The highest BCUT2D eigenvalue weighted by atomic mass is 32.2. The van der Waals surface area contributed by atoms with Gasteiger partial charge in [-0.05, 0) is 18.4 Å². The predicted octanol–water partition coefficient (Wildman–Crippen LogP) is 0.858. The molecule has 0 bridgehead atoms. The van der Waals surface area contributed by atoms with Gasteiger partial charge in [0, 0.05) is 19.3 Å². The zero-order valence-electron chi connectivity index (χ0n) is 7.90. The smallest absolute Gasteiger partial charge is 0.151 e. The molecule has 0 saturated heterocycles. The maximum Gasteiger partial charge on any atom is 0.151 e. The second-order valence-electron chi connectivity index (χ2n) is 2.73. The van der Waals surface area contributed by atoms with Gasteiger partial charge >= 0.3 is 0 Å². The van der Waals surface area contributed by atoms with Crippen LogP contribution in [-0.4, -0.2) is 35.8 Å². The van der Waals surface area contributed by atoms with Crippen molar-refractivity contribution in [3.8, 4) is 0 Å². The Morgan fingerprint density at radius 2 is 2.23 bits per heavy atom. The van der Waals surface area contributed by atoms with Crippen LogP contribution in [0.25, 0.3) is 0 Å². The second-order valence-corrected chi connectivity index (χ2v) is 3.72. The SMILES string of the molecule is CSCCN(C)c1ccc(N)nn1. The molecule has 0 amide bonds. The van der Waals surface area contributed by atoms with Crippen molar-refractivity contribution < 1.29 is 0 Å². The Bertz CT molecular complexity index is 249. The number of anilines is 2. The summed E-state index contributed by atoms with van der Waals surface area (Å²) in [4.78, 5) is 2.06. The molecular weight excluding hydrogens is 184 g/mol. The fourth-order valence-electron chi connectivity index (χ4n) is 0.882. The van der Waals surface area contributed by atoms with Gasteiger partial charge in [0.2, 0.25) is 0 Å². The summed E-state index contributed by atoms with van der Waals surface area (Å²) in [5.41, 5.74) is 5.43. The largest absolute Gasteiger partial charge is 0.382 e. The van der Waals surface area contributed by atoms with Gasteiger partial charge in [-0.25, -0.2) is 0 Å². The van der Waals surface area contributed by atoms with Crippen molar-refractivity contribution in [2.45, 2.75) is 0 Å². The fraction of sp³-hybridized carbons (Fsp3) is 0.500. The normalized spacial score (nSPS) is 10.0. The number of rotatable bonds is 4. The van der Waals surface area contributed by atoms with Crippen molar-refractivity contribution in [2.75, 3.05) is 36.2 Å². The maximum atomic E-state index is 5.43. The number of nitrogens with two attached hydrogens (primary N) is 1. The van der Waals surface area contributed by atoms with E-state index in [2.05, 4.69) is 21.4 Å². The van der Waals surface area contributed by atoms with Crippen LogP contribution in [0, 0.1) is 0 Å². The number of aromatic nitrogens is 2. The highest BCUT2D eigenvalue weighted by Crippen LogP contribution is 2.08. The summed E-state index contributed by atoms with van der Waals surface area (Å²) in [7, 11) is 2.00. The molecule has 5 heteroatoms. The van der Waals surface area contributed by atoms with Crippen LogP contribution in [0.2, 0.25) is 0 Å². The Hall–Kier alpha value is -0.970. The molecule has 0 spiro atoms. The lowest BCUT2D eigenvalue weighted by Gasteiger charge is -2.16. The van der Waals surface area contributed by atoms with Gasteiger partial charge in [-0.3, -0.25) is 0 Å². The van der Waals surface area contributed by atoms with Crippen molar-refractivity contribution in [3.05, 3.63) is 12.1 Å². The lowest BCUT2D eigenvalue weighted by molar-refractivity contribution is 0.905. The van der Waals surface area contributed by atoms with Crippen LogP contribution >= 0.6 is 11.8 Å². The minimum atomic E-state index is 0.460. The Morgan fingerprint density at radius 1 is 1.46 bits per heavy atom. The van der Waals surface area contributed by atoms with E-state index in [1.807, 2.05) is 24.9 Å². The van der Waals surface area contributed by atoms with E-state index in [0.29, 0.717) is 5.82 Å². The number of nitrogen functional groups attached to an aromatic ring is 1. The number of nitrogens with zero attached hydrogens (tertiary/aromatic N) is 3. The molecule has 0 aliphatic heterocycles. The summed E-state index contributed by atoms with van der Waals surface area (Å²) in [6.07, 6.45) is 2.09. The van der Waals surface area contributed by atoms with Crippen molar-refractivity contribution >= 4 is 23.4 Å². The third-order valence-electron chi connectivity index (χ3n) is 1.69. The number of thioether (sulfide) groups is 1. The van der Waals surface area contributed by atoms with E-state index in [-0.39, 0.29) is 0 Å². The first kappa shape index (κ1) is 10.1. The molecule has 1 aromatic heterocycles. The van der Waals surface area contributed by atoms with Crippen LogP contribution in [0.3, 0.4) is 0 Å². The molecule has 1 heterocycles. The lowest BCUT2D eigenvalue weighted by atomic mass is 10.4. The molecular formula is C8H14N4S. The zero-order chi connectivity index (χ0) is 9.68. The Morgan fingerprint density at radius 3 is 2.77 bits per heavy atom. The Balaban J connectivity index is 2.55. The summed E-state index contributed by atoms with van der Waals surface area (Å²) in [5.74, 6) is 2.41. The molecule has 72 valence electrons. The van der Waals surface area contributed by atoms with Crippen LogP contribution in [-0.2, 0) is 0 Å². The molecule has 4 nitrogen and oxygen atoms in total. The first-order chi connectivity index (χ1) is 6.24. The van der Waals surface area contributed by atoms with E-state index < -0.39 is 0 Å². The van der Waals surface area contributed by atoms with E-state index in [4.69, 9.17) is 5.73 Å². The van der Waals surface area contributed by atoms with Gasteiger partial charge in [0.05, 0.1) is 0 Å². The summed E-state index contributed by atoms with van der Waals surface area (Å²) < 4.78 is 0. The van der Waals surface area contributed by atoms with Crippen molar-refractivity contribution in [1.82, 2.24) is 10.2 Å². The topological polar surface area (TPSA) is 55.0 Å². The summed E-state index contributed by atoms with van der Waals surface area (Å²) >= 11 is 1.81. The lowest BCUT2D eigenvalue weighted by Crippen LogP contribution is -2.21. The summed E-state index contributed by atoms with van der Waals surface area (Å²) in [6.45, 7) is 0.972. The standard InChI is InChI=1S/C8H14N4S/c1-12(5-6-13-2)8-4-3-7(9)10-11-8/h3-4H,5-6H2,1-2H3,(H2,9,10). The van der Waals surface area contributed by atoms with E-state index in [0.717, 1.165) is 18.1 Å². The van der Waals surface area contributed by atoms with Gasteiger partial charge < -0.3 is 10.6 Å². The Labute approximate surface area is 82.5 Å². The molecule has 0 saturated carbocycles. The van der Waals surface area contributed by atoms with Crippen LogP contribution in [0.15, 0.2) is 12.1 Å². The first-order valence-corrected chi connectivity index (χ1v) is 5.42. The van der Waals surface area contributed by atoms with Crippen molar-refractivity contribution in [2.24, 2.45) is 0 Å². The molecule has 0 aliphatic rings. The highest BCUT2D eigenvalue weighted by Gasteiger charge is 2.01. The molecule has 0 unspecified atom stereocenters. The van der Waals surface area contributed by atoms with Crippen molar-refractivity contribution in [3.63, 3.8) is 0 Å². The molecule has 1 aromatic rings. The van der Waals surface area contributed by atoms with Gasteiger partial charge in [-0.2, -0.15) is 11.8 Å². The van der Waals surface area contributed by atoms with Crippen LogP contribution < -0.4 is 10.6 Å². The average Bonchev–Trinajstić information content (AvgIpc) is 2.15. The fourth-order valence-corrected chi connectivity index (χ4v) is 1.34. The van der Waals surface area contributed by atoms with Crippen LogP contribution in [0.1, 0.15) is 0 Å². The van der Waals surface area contributed by atoms with Crippen LogP contribution in [0.4, 0.5) is 11.6 Å². The third kappa shape index (κ3) is 3.10. The highest BCUT2D eigenvalue weighted by molar-refractivity contribution is 7.98. The van der Waals surface area contributed by atoms with E-state index in [9.17, 15) is 0 Å². The average molecular weight is 198 g/mol. The summed E-state index contributed by atoms with van der Waals surface area (Å²) in [6, 6.07) is 3.64. The van der Waals surface area contributed by atoms with Gasteiger partial charge in [0.15, 0.2) is 5.82 Å². The van der Waals surface area contributed by atoms with Crippen LogP contribution in [0.5, 0.6) is 0 Å². The molecule has 1 rings (SSSR count). The molecule has 0 radical (unpaired) electrons. The zero-order valence-corrected chi connectivity index (χ0v) is 8.71. The predicted molar refractivity (Wildman–Crippen MR) is 58.1 cm³/mol. The molecule has 0 atom stereocenters. The van der Waals surface area contributed by atoms with Crippen molar-refractivity contribution in [1.29, 1.82) is 0 Å². The number of hydrogen-bond acceptors (Lipinski definition) is 5. The monoisotopic (exact) mass is 198 g/mol. The second kappa shape index (κ2) is 4.91. The first-order valence-electron chi connectivity index (χ1n) is 4.03. The maximum absolute atomic E-state index is 5.43.